The monoisotopic (exact) mass is 252 g/mol. The van der Waals surface area contributed by atoms with E-state index < -0.39 is 0 Å². The standard InChI is InChI=1S/C16H16N2O/c1-11-4-3-5-12(8-11)16(19-2)13-6-7-15-14(9-13)10-17-18-15/h3-10,16H,1-2H3,(H,17,18). The molecule has 0 fully saturated rings. The van der Waals surface area contributed by atoms with E-state index in [1.54, 1.807) is 7.11 Å². The lowest BCUT2D eigenvalue weighted by atomic mass is 9.99. The number of aromatic amines is 1. The molecule has 1 N–H and O–H groups in total. The first-order chi connectivity index (χ1) is 9.28. The fraction of sp³-hybridized carbons (Fsp3) is 0.188. The minimum absolute atomic E-state index is 0.0424. The first kappa shape index (κ1) is 11.9. The molecule has 0 aliphatic heterocycles. The fourth-order valence-electron chi connectivity index (χ4n) is 2.42. The van der Waals surface area contributed by atoms with Crippen LogP contribution in [0.3, 0.4) is 0 Å². The number of methoxy groups -OCH3 is 1. The molecule has 96 valence electrons. The molecule has 19 heavy (non-hydrogen) atoms. The van der Waals surface area contributed by atoms with Crippen LogP contribution in [0.25, 0.3) is 10.9 Å². The lowest BCUT2D eigenvalue weighted by Gasteiger charge is -2.17. The number of aromatic nitrogens is 2. The zero-order valence-corrected chi connectivity index (χ0v) is 11.1. The summed E-state index contributed by atoms with van der Waals surface area (Å²) >= 11 is 0. The first-order valence-corrected chi connectivity index (χ1v) is 6.30. The van der Waals surface area contributed by atoms with Crippen molar-refractivity contribution in [2.75, 3.05) is 7.11 Å². The van der Waals surface area contributed by atoms with Crippen LogP contribution in [-0.2, 0) is 4.74 Å². The molecule has 0 saturated carbocycles. The molecule has 1 atom stereocenters. The second-order valence-corrected chi connectivity index (χ2v) is 4.75. The van der Waals surface area contributed by atoms with E-state index in [0.29, 0.717) is 0 Å². The van der Waals surface area contributed by atoms with Gasteiger partial charge < -0.3 is 4.74 Å². The van der Waals surface area contributed by atoms with Crippen LogP contribution < -0.4 is 0 Å². The highest BCUT2D eigenvalue weighted by molar-refractivity contribution is 5.78. The summed E-state index contributed by atoms with van der Waals surface area (Å²) in [4.78, 5) is 0. The Morgan fingerprint density at radius 3 is 2.74 bits per heavy atom. The van der Waals surface area contributed by atoms with Crippen molar-refractivity contribution in [2.24, 2.45) is 0 Å². The number of aryl methyl sites for hydroxylation is 1. The minimum atomic E-state index is -0.0424. The number of benzene rings is 2. The Bertz CT molecular complexity index is 703. The minimum Gasteiger partial charge on any atom is -0.372 e. The average molecular weight is 252 g/mol. The Labute approximate surface area is 112 Å². The topological polar surface area (TPSA) is 37.9 Å². The van der Waals surface area contributed by atoms with Crippen molar-refractivity contribution in [1.29, 1.82) is 0 Å². The van der Waals surface area contributed by atoms with Crippen LogP contribution in [-0.4, -0.2) is 17.3 Å². The molecule has 1 unspecified atom stereocenters. The molecule has 3 aromatic rings. The molecule has 0 spiro atoms. The van der Waals surface area contributed by atoms with Crippen molar-refractivity contribution in [2.45, 2.75) is 13.0 Å². The molecule has 3 nitrogen and oxygen atoms in total. The summed E-state index contributed by atoms with van der Waals surface area (Å²) in [5.74, 6) is 0. The number of hydrogen-bond donors (Lipinski definition) is 1. The Morgan fingerprint density at radius 1 is 1.11 bits per heavy atom. The quantitative estimate of drug-likeness (QED) is 0.773. The van der Waals surface area contributed by atoms with Gasteiger partial charge in [0.15, 0.2) is 0 Å². The summed E-state index contributed by atoms with van der Waals surface area (Å²) in [5.41, 5.74) is 4.60. The number of nitrogens with one attached hydrogen (secondary N) is 1. The van der Waals surface area contributed by atoms with E-state index in [1.165, 1.54) is 11.1 Å². The third-order valence-corrected chi connectivity index (χ3v) is 3.35. The normalized spacial score (nSPS) is 12.7. The summed E-state index contributed by atoms with van der Waals surface area (Å²) < 4.78 is 5.67. The van der Waals surface area contributed by atoms with Crippen LogP contribution in [0.15, 0.2) is 48.7 Å². The van der Waals surface area contributed by atoms with Gasteiger partial charge in [-0.25, -0.2) is 0 Å². The van der Waals surface area contributed by atoms with Crippen LogP contribution >= 0.6 is 0 Å². The number of ether oxygens (including phenoxy) is 1. The molecule has 0 amide bonds. The average Bonchev–Trinajstić information content (AvgIpc) is 2.87. The van der Waals surface area contributed by atoms with Gasteiger partial charge in [0, 0.05) is 12.5 Å². The second-order valence-electron chi connectivity index (χ2n) is 4.75. The Morgan fingerprint density at radius 2 is 1.95 bits per heavy atom. The number of nitrogens with zero attached hydrogens (tertiary/aromatic N) is 1. The zero-order chi connectivity index (χ0) is 13.2. The van der Waals surface area contributed by atoms with Gasteiger partial charge in [-0.3, -0.25) is 5.10 Å². The molecular formula is C16H16N2O. The highest BCUT2D eigenvalue weighted by atomic mass is 16.5. The molecular weight excluding hydrogens is 236 g/mol. The SMILES string of the molecule is COC(c1cccc(C)c1)c1ccc2[nH]ncc2c1. The van der Waals surface area contributed by atoms with Crippen LogP contribution in [0.4, 0.5) is 0 Å². The Kier molecular flexibility index (Phi) is 3.05. The van der Waals surface area contributed by atoms with Crippen LogP contribution in [0, 0.1) is 6.92 Å². The van der Waals surface area contributed by atoms with Gasteiger partial charge in [-0.2, -0.15) is 5.10 Å². The number of H-pyrrole nitrogens is 1. The fourth-order valence-corrected chi connectivity index (χ4v) is 2.42. The van der Waals surface area contributed by atoms with E-state index in [2.05, 4.69) is 53.5 Å². The van der Waals surface area contributed by atoms with E-state index >= 15 is 0 Å². The zero-order valence-electron chi connectivity index (χ0n) is 11.1. The number of hydrogen-bond acceptors (Lipinski definition) is 2. The molecule has 3 heteroatoms. The van der Waals surface area contributed by atoms with Crippen molar-refractivity contribution in [3.05, 3.63) is 65.4 Å². The van der Waals surface area contributed by atoms with Gasteiger partial charge in [0.05, 0.1) is 11.7 Å². The van der Waals surface area contributed by atoms with Gasteiger partial charge in [-0.05, 0) is 30.2 Å². The van der Waals surface area contributed by atoms with Gasteiger partial charge in [0.2, 0.25) is 0 Å². The molecule has 1 aromatic heterocycles. The lowest BCUT2D eigenvalue weighted by Crippen LogP contribution is -2.03. The van der Waals surface area contributed by atoms with Gasteiger partial charge >= 0.3 is 0 Å². The number of fused-ring (bicyclic) bond motifs is 1. The van der Waals surface area contributed by atoms with Gasteiger partial charge in [-0.1, -0.05) is 35.9 Å². The molecule has 2 aromatic carbocycles. The van der Waals surface area contributed by atoms with Gasteiger partial charge in [-0.15, -0.1) is 0 Å². The highest BCUT2D eigenvalue weighted by Gasteiger charge is 2.14. The van der Waals surface area contributed by atoms with Crippen molar-refractivity contribution < 1.29 is 4.74 Å². The van der Waals surface area contributed by atoms with Crippen LogP contribution in [0.2, 0.25) is 0 Å². The lowest BCUT2D eigenvalue weighted by molar-refractivity contribution is 0.136. The van der Waals surface area contributed by atoms with E-state index in [1.807, 2.05) is 12.3 Å². The number of rotatable bonds is 3. The first-order valence-electron chi connectivity index (χ1n) is 6.30. The summed E-state index contributed by atoms with van der Waals surface area (Å²) in [5, 5.41) is 8.11. The Balaban J connectivity index is 2.06. The largest absolute Gasteiger partial charge is 0.372 e. The molecule has 0 bridgehead atoms. The maximum Gasteiger partial charge on any atom is 0.107 e. The maximum atomic E-state index is 5.67. The predicted octanol–water partition coefficient (Wildman–Crippen LogP) is 3.61. The summed E-state index contributed by atoms with van der Waals surface area (Å²) in [7, 11) is 1.74. The van der Waals surface area contributed by atoms with Crippen LogP contribution in [0.5, 0.6) is 0 Å². The van der Waals surface area contributed by atoms with Crippen molar-refractivity contribution in [3.63, 3.8) is 0 Å². The van der Waals surface area contributed by atoms with Gasteiger partial charge in [0.25, 0.3) is 0 Å². The maximum absolute atomic E-state index is 5.67. The highest BCUT2D eigenvalue weighted by Crippen LogP contribution is 2.28. The third-order valence-electron chi connectivity index (χ3n) is 3.35. The Hall–Kier alpha value is -2.13. The summed E-state index contributed by atoms with van der Waals surface area (Å²) in [6.45, 7) is 2.09. The third kappa shape index (κ3) is 2.25. The smallest absolute Gasteiger partial charge is 0.107 e. The second kappa shape index (κ2) is 4.86. The van der Waals surface area contributed by atoms with E-state index in [0.717, 1.165) is 16.5 Å². The van der Waals surface area contributed by atoms with Crippen molar-refractivity contribution in [3.8, 4) is 0 Å². The van der Waals surface area contributed by atoms with Crippen molar-refractivity contribution >= 4 is 10.9 Å². The molecule has 1 heterocycles. The molecule has 3 rings (SSSR count). The van der Waals surface area contributed by atoms with E-state index in [9.17, 15) is 0 Å². The van der Waals surface area contributed by atoms with Gasteiger partial charge in [0.1, 0.15) is 6.10 Å². The summed E-state index contributed by atoms with van der Waals surface area (Å²) in [6.07, 6.45) is 1.79. The molecule has 0 aliphatic rings. The predicted molar refractivity (Wildman–Crippen MR) is 76.1 cm³/mol. The van der Waals surface area contributed by atoms with E-state index in [4.69, 9.17) is 4.74 Å². The van der Waals surface area contributed by atoms with Crippen LogP contribution in [0.1, 0.15) is 22.8 Å². The molecule has 0 saturated heterocycles. The van der Waals surface area contributed by atoms with E-state index in [-0.39, 0.29) is 6.10 Å². The van der Waals surface area contributed by atoms with Crippen molar-refractivity contribution in [1.82, 2.24) is 10.2 Å². The molecule has 0 aliphatic carbocycles. The summed E-state index contributed by atoms with van der Waals surface area (Å²) in [6, 6.07) is 14.7. The molecule has 0 radical (unpaired) electrons.